The molecule has 0 aromatic heterocycles. The van der Waals surface area contributed by atoms with E-state index in [0.717, 1.165) is 11.3 Å². The first-order chi connectivity index (χ1) is 8.73. The van der Waals surface area contributed by atoms with Crippen molar-refractivity contribution in [1.29, 1.82) is 0 Å². The number of nitrogens with zero attached hydrogens (tertiary/aromatic N) is 1. The number of rotatable bonds is 1. The van der Waals surface area contributed by atoms with Gasteiger partial charge < -0.3 is 10.1 Å². The highest BCUT2D eigenvalue weighted by Gasteiger charge is 2.57. The Morgan fingerprint density at radius 1 is 1.56 bits per heavy atom. The number of hydrogen-bond acceptors (Lipinski definition) is 5. The van der Waals surface area contributed by atoms with Gasteiger partial charge in [-0.3, -0.25) is 10.2 Å². The van der Waals surface area contributed by atoms with Gasteiger partial charge in [0.25, 0.3) is 0 Å². The molecule has 6 heteroatoms. The maximum Gasteiger partial charge on any atom is 0.411 e. The number of para-hydroxylation sites is 1. The van der Waals surface area contributed by atoms with Gasteiger partial charge in [-0.15, -0.1) is 0 Å². The maximum absolute atomic E-state index is 11.7. The van der Waals surface area contributed by atoms with Crippen LogP contribution in [0.3, 0.4) is 0 Å². The van der Waals surface area contributed by atoms with Gasteiger partial charge in [-0.05, 0) is 6.07 Å². The van der Waals surface area contributed by atoms with E-state index < -0.39 is 17.9 Å². The Morgan fingerprint density at radius 3 is 3.06 bits per heavy atom. The molecule has 1 aromatic rings. The Labute approximate surface area is 104 Å². The normalized spacial score (nSPS) is 28.6. The fourth-order valence-electron chi connectivity index (χ4n) is 2.86. The van der Waals surface area contributed by atoms with Crippen LogP contribution in [0.2, 0.25) is 0 Å². The number of amides is 1. The van der Waals surface area contributed by atoms with E-state index in [0.29, 0.717) is 13.0 Å². The number of ether oxygens (including phenoxy) is 1. The van der Waals surface area contributed by atoms with E-state index in [-0.39, 0.29) is 0 Å². The molecule has 2 atom stereocenters. The SMILES string of the molecule is COC(=O)N1CCC2(OO)c3ccccc3NC12. The molecule has 2 aliphatic heterocycles. The minimum atomic E-state index is -0.898. The molecular formula is C12H14N2O4. The van der Waals surface area contributed by atoms with Gasteiger partial charge in [0.15, 0.2) is 5.60 Å². The van der Waals surface area contributed by atoms with E-state index in [4.69, 9.17) is 9.62 Å². The van der Waals surface area contributed by atoms with Crippen molar-refractivity contribution in [2.24, 2.45) is 0 Å². The molecule has 0 radical (unpaired) electrons. The van der Waals surface area contributed by atoms with Crippen molar-refractivity contribution in [3.05, 3.63) is 29.8 Å². The fraction of sp³-hybridized carbons (Fsp3) is 0.417. The fourth-order valence-corrected chi connectivity index (χ4v) is 2.86. The molecular weight excluding hydrogens is 236 g/mol. The minimum absolute atomic E-state index is 0.431. The number of likely N-dealkylation sites (tertiary alicyclic amines) is 1. The maximum atomic E-state index is 11.7. The lowest BCUT2D eigenvalue weighted by atomic mass is 9.93. The first-order valence-corrected chi connectivity index (χ1v) is 5.76. The van der Waals surface area contributed by atoms with Crippen molar-refractivity contribution in [1.82, 2.24) is 4.90 Å². The summed E-state index contributed by atoms with van der Waals surface area (Å²) in [6, 6.07) is 7.55. The summed E-state index contributed by atoms with van der Waals surface area (Å²) in [4.78, 5) is 18.0. The van der Waals surface area contributed by atoms with Gasteiger partial charge >= 0.3 is 6.09 Å². The average molecular weight is 250 g/mol. The van der Waals surface area contributed by atoms with Crippen molar-refractivity contribution in [3.8, 4) is 0 Å². The predicted molar refractivity (Wildman–Crippen MR) is 63.0 cm³/mol. The third kappa shape index (κ3) is 1.27. The van der Waals surface area contributed by atoms with Crippen LogP contribution in [0.5, 0.6) is 0 Å². The van der Waals surface area contributed by atoms with Crippen molar-refractivity contribution in [3.63, 3.8) is 0 Å². The van der Waals surface area contributed by atoms with Crippen LogP contribution in [0.4, 0.5) is 10.5 Å². The minimum Gasteiger partial charge on any atom is -0.453 e. The zero-order valence-electron chi connectivity index (χ0n) is 9.92. The second kappa shape index (κ2) is 3.86. The molecule has 18 heavy (non-hydrogen) atoms. The highest BCUT2D eigenvalue weighted by molar-refractivity contribution is 5.72. The van der Waals surface area contributed by atoms with Crippen LogP contribution in [0.15, 0.2) is 24.3 Å². The van der Waals surface area contributed by atoms with E-state index in [2.05, 4.69) is 5.32 Å². The summed E-state index contributed by atoms with van der Waals surface area (Å²) in [5.74, 6) is 0. The topological polar surface area (TPSA) is 71.0 Å². The summed E-state index contributed by atoms with van der Waals surface area (Å²) in [7, 11) is 1.34. The second-order valence-electron chi connectivity index (χ2n) is 4.49. The van der Waals surface area contributed by atoms with Crippen LogP contribution >= 0.6 is 0 Å². The molecule has 0 saturated carbocycles. The lowest BCUT2D eigenvalue weighted by molar-refractivity contribution is -0.330. The van der Waals surface area contributed by atoms with Crippen molar-refractivity contribution < 1.29 is 19.7 Å². The monoisotopic (exact) mass is 250 g/mol. The van der Waals surface area contributed by atoms with Gasteiger partial charge in [-0.25, -0.2) is 9.68 Å². The molecule has 1 amide bonds. The summed E-state index contributed by atoms with van der Waals surface area (Å²) < 4.78 is 4.74. The first-order valence-electron chi connectivity index (χ1n) is 5.76. The molecule has 2 N–H and O–H groups in total. The summed E-state index contributed by atoms with van der Waals surface area (Å²) in [6.45, 7) is 0.471. The molecule has 2 unspecified atom stereocenters. The molecule has 6 nitrogen and oxygen atoms in total. The zero-order chi connectivity index (χ0) is 12.8. The Bertz CT molecular complexity index is 493. The van der Waals surface area contributed by atoms with Crippen LogP contribution < -0.4 is 5.32 Å². The predicted octanol–water partition coefficient (Wildman–Crippen LogP) is 1.60. The molecule has 1 aromatic carbocycles. The van der Waals surface area contributed by atoms with E-state index in [1.54, 1.807) is 0 Å². The lowest BCUT2D eigenvalue weighted by Gasteiger charge is -2.28. The van der Waals surface area contributed by atoms with Crippen LogP contribution in [-0.4, -0.2) is 36.1 Å². The third-order valence-electron chi connectivity index (χ3n) is 3.72. The van der Waals surface area contributed by atoms with E-state index in [1.807, 2.05) is 24.3 Å². The van der Waals surface area contributed by atoms with Crippen LogP contribution in [0.1, 0.15) is 12.0 Å². The summed E-state index contributed by atoms with van der Waals surface area (Å²) >= 11 is 0. The quantitative estimate of drug-likeness (QED) is 0.585. The summed E-state index contributed by atoms with van der Waals surface area (Å²) in [6.07, 6.45) is -0.348. The second-order valence-corrected chi connectivity index (χ2v) is 4.49. The number of carbonyl (C=O) groups is 1. The molecule has 2 heterocycles. The number of anilines is 1. The van der Waals surface area contributed by atoms with Gasteiger partial charge in [0.05, 0.1) is 7.11 Å². The summed E-state index contributed by atoms with van der Waals surface area (Å²) in [5.41, 5.74) is 0.833. The standard InChI is InChI=1S/C12H14N2O4/c1-17-11(15)14-7-6-12(18-16)8-4-2-3-5-9(8)13-10(12)14/h2-5,10,13,16H,6-7H2,1H3. The largest absolute Gasteiger partial charge is 0.453 e. The number of benzene rings is 1. The van der Waals surface area contributed by atoms with Gasteiger partial charge in [-0.1, -0.05) is 18.2 Å². The van der Waals surface area contributed by atoms with Gasteiger partial charge in [-0.2, -0.15) is 0 Å². The van der Waals surface area contributed by atoms with E-state index in [9.17, 15) is 10.1 Å². The van der Waals surface area contributed by atoms with Crippen LogP contribution in [0.25, 0.3) is 0 Å². The third-order valence-corrected chi connectivity index (χ3v) is 3.72. The van der Waals surface area contributed by atoms with Crippen LogP contribution in [-0.2, 0) is 15.2 Å². The highest BCUT2D eigenvalue weighted by Crippen LogP contribution is 2.48. The molecule has 96 valence electrons. The smallest absolute Gasteiger partial charge is 0.411 e. The lowest BCUT2D eigenvalue weighted by Crippen LogP contribution is -2.47. The molecule has 0 spiro atoms. The molecule has 0 bridgehead atoms. The van der Waals surface area contributed by atoms with Crippen molar-refractivity contribution >= 4 is 11.8 Å². The van der Waals surface area contributed by atoms with Crippen LogP contribution in [0, 0.1) is 0 Å². The molecule has 0 aliphatic carbocycles. The average Bonchev–Trinajstić information content (AvgIpc) is 2.92. The Hall–Kier alpha value is -1.79. The van der Waals surface area contributed by atoms with Gasteiger partial charge in [0, 0.05) is 24.2 Å². The molecule has 1 fully saturated rings. The number of hydrogen-bond donors (Lipinski definition) is 2. The zero-order valence-corrected chi connectivity index (χ0v) is 9.92. The Balaban J connectivity index is 2.03. The number of carbonyl (C=O) groups excluding carboxylic acids is 1. The van der Waals surface area contributed by atoms with Crippen molar-refractivity contribution in [2.75, 3.05) is 19.0 Å². The molecule has 1 saturated heterocycles. The number of methoxy groups -OCH3 is 1. The van der Waals surface area contributed by atoms with Gasteiger partial charge in [0.2, 0.25) is 0 Å². The molecule has 3 rings (SSSR count). The summed E-state index contributed by atoms with van der Waals surface area (Å²) in [5, 5.41) is 12.5. The van der Waals surface area contributed by atoms with Gasteiger partial charge in [0.1, 0.15) is 6.17 Å². The Morgan fingerprint density at radius 2 is 2.33 bits per heavy atom. The van der Waals surface area contributed by atoms with E-state index >= 15 is 0 Å². The van der Waals surface area contributed by atoms with Crippen molar-refractivity contribution in [2.45, 2.75) is 18.2 Å². The molecule has 2 aliphatic rings. The number of fused-ring (bicyclic) bond motifs is 3. The first kappa shape index (κ1) is 11.3. The number of nitrogens with one attached hydrogen (secondary N) is 1. The highest BCUT2D eigenvalue weighted by atomic mass is 17.1. The van der Waals surface area contributed by atoms with E-state index in [1.165, 1.54) is 12.0 Å². The Kier molecular flexibility index (Phi) is 2.42.